The zero-order valence-corrected chi connectivity index (χ0v) is 21.9. The minimum absolute atomic E-state index is 0.0311. The fraction of sp³-hybridized carbons (Fsp3) is 0.133. The van der Waals surface area contributed by atoms with Crippen molar-refractivity contribution in [1.82, 2.24) is 4.57 Å². The summed E-state index contributed by atoms with van der Waals surface area (Å²) < 4.78 is 90.8. The first-order valence-electron chi connectivity index (χ1n) is 12.3. The molecule has 0 fully saturated rings. The monoisotopic (exact) mass is 569 g/mol. The van der Waals surface area contributed by atoms with Gasteiger partial charge in [-0.2, -0.15) is 10.1 Å². The van der Waals surface area contributed by atoms with E-state index in [9.17, 15) is 31.1 Å². The lowest BCUT2D eigenvalue weighted by Crippen LogP contribution is -2.25. The lowest BCUT2D eigenvalue weighted by Gasteiger charge is -2.15. The standard InChI is InChI=1S/C30H21F6N3O2/c1-15-11-19(13-23-16(2)37-39(30(23)40)29-27(35)25(33)24(32)26(34)28(29)36)17(3)38(15)21-7-9-22(10-8-21)41-14-18-5-4-6-20(31)12-18/h4-13H,14H2,1-3H3/b23-13-. The number of anilines is 1. The van der Waals surface area contributed by atoms with Crippen molar-refractivity contribution in [2.24, 2.45) is 5.10 Å². The molecule has 0 saturated heterocycles. The number of nitrogens with zero attached hydrogens (tertiary/aromatic N) is 3. The fourth-order valence-corrected chi connectivity index (χ4v) is 4.59. The lowest BCUT2D eigenvalue weighted by molar-refractivity contribution is -0.114. The van der Waals surface area contributed by atoms with E-state index in [0.717, 1.165) is 11.4 Å². The summed E-state index contributed by atoms with van der Waals surface area (Å²) in [7, 11) is 0. The number of carbonyl (C=O) groups excluding carboxylic acids is 1. The molecule has 0 atom stereocenters. The van der Waals surface area contributed by atoms with Crippen molar-refractivity contribution in [3.8, 4) is 11.4 Å². The molecule has 41 heavy (non-hydrogen) atoms. The fourth-order valence-electron chi connectivity index (χ4n) is 4.59. The van der Waals surface area contributed by atoms with E-state index < -0.39 is 40.7 Å². The molecule has 3 aromatic carbocycles. The number of benzene rings is 3. The summed E-state index contributed by atoms with van der Waals surface area (Å²) in [5.74, 6) is -11.8. The van der Waals surface area contributed by atoms with Gasteiger partial charge in [-0.3, -0.25) is 4.79 Å². The Morgan fingerprint density at radius 2 is 1.46 bits per heavy atom. The Labute approximate surface area is 230 Å². The number of aromatic nitrogens is 1. The van der Waals surface area contributed by atoms with Gasteiger partial charge < -0.3 is 9.30 Å². The first-order chi connectivity index (χ1) is 19.5. The average molecular weight is 570 g/mol. The maximum absolute atomic E-state index is 14.4. The highest BCUT2D eigenvalue weighted by molar-refractivity contribution is 6.32. The number of halogens is 6. The SMILES string of the molecule is CC1=NN(c2c(F)c(F)c(F)c(F)c2F)C(=O)/C1=C\c1cc(C)n(-c2ccc(OCc3cccc(F)c3)cc2)c1C. The van der Waals surface area contributed by atoms with E-state index in [-0.39, 0.29) is 28.7 Å². The minimum atomic E-state index is -2.33. The second-order valence-electron chi connectivity index (χ2n) is 9.35. The van der Waals surface area contributed by atoms with Crippen LogP contribution in [0.4, 0.5) is 32.0 Å². The molecule has 5 nitrogen and oxygen atoms in total. The van der Waals surface area contributed by atoms with Crippen molar-refractivity contribution in [1.29, 1.82) is 0 Å². The van der Waals surface area contributed by atoms with Gasteiger partial charge in [-0.15, -0.1) is 0 Å². The van der Waals surface area contributed by atoms with Gasteiger partial charge in [0, 0.05) is 17.1 Å². The molecule has 0 saturated carbocycles. The Kier molecular flexibility index (Phi) is 7.20. The van der Waals surface area contributed by atoms with Crippen LogP contribution in [0.5, 0.6) is 5.75 Å². The highest BCUT2D eigenvalue weighted by Gasteiger charge is 2.37. The molecule has 0 unspecified atom stereocenters. The second-order valence-corrected chi connectivity index (χ2v) is 9.35. The summed E-state index contributed by atoms with van der Waals surface area (Å²) >= 11 is 0. The van der Waals surface area contributed by atoms with Crippen molar-refractivity contribution >= 4 is 23.4 Å². The van der Waals surface area contributed by atoms with Crippen LogP contribution in [-0.4, -0.2) is 16.2 Å². The number of hydrazone groups is 1. The van der Waals surface area contributed by atoms with E-state index in [1.165, 1.54) is 25.1 Å². The molecule has 11 heteroatoms. The van der Waals surface area contributed by atoms with Gasteiger partial charge in [-0.1, -0.05) is 12.1 Å². The first-order valence-corrected chi connectivity index (χ1v) is 12.3. The molecule has 4 aromatic rings. The van der Waals surface area contributed by atoms with Crippen LogP contribution in [0.2, 0.25) is 0 Å². The van der Waals surface area contributed by atoms with E-state index in [0.29, 0.717) is 22.6 Å². The van der Waals surface area contributed by atoms with Crippen LogP contribution >= 0.6 is 0 Å². The van der Waals surface area contributed by atoms with Gasteiger partial charge in [0.15, 0.2) is 23.3 Å². The van der Waals surface area contributed by atoms with Crippen LogP contribution in [0, 0.1) is 48.8 Å². The van der Waals surface area contributed by atoms with Crippen LogP contribution in [0.25, 0.3) is 11.8 Å². The summed E-state index contributed by atoms with van der Waals surface area (Å²) in [4.78, 5) is 13.1. The zero-order chi connectivity index (χ0) is 29.6. The van der Waals surface area contributed by atoms with E-state index >= 15 is 0 Å². The van der Waals surface area contributed by atoms with Crippen LogP contribution in [-0.2, 0) is 11.4 Å². The number of carbonyl (C=O) groups is 1. The molecule has 1 aromatic heterocycles. The molecule has 0 radical (unpaired) electrons. The number of aryl methyl sites for hydroxylation is 1. The van der Waals surface area contributed by atoms with Crippen LogP contribution in [0.1, 0.15) is 29.4 Å². The molecule has 1 aliphatic heterocycles. The third-order valence-electron chi connectivity index (χ3n) is 6.62. The van der Waals surface area contributed by atoms with Crippen molar-refractivity contribution in [2.75, 3.05) is 5.01 Å². The Hall–Kier alpha value is -4.80. The zero-order valence-electron chi connectivity index (χ0n) is 21.9. The van der Waals surface area contributed by atoms with Gasteiger partial charge in [0.2, 0.25) is 5.82 Å². The molecule has 2 heterocycles. The number of hydrogen-bond donors (Lipinski definition) is 0. The van der Waals surface area contributed by atoms with E-state index in [1.54, 1.807) is 37.3 Å². The highest BCUT2D eigenvalue weighted by Crippen LogP contribution is 2.34. The number of rotatable bonds is 6. The molecule has 210 valence electrons. The molecule has 0 N–H and O–H groups in total. The summed E-state index contributed by atoms with van der Waals surface area (Å²) in [5, 5.41) is 3.96. The smallest absolute Gasteiger partial charge is 0.280 e. The van der Waals surface area contributed by atoms with Crippen molar-refractivity contribution < 1.29 is 35.9 Å². The predicted octanol–water partition coefficient (Wildman–Crippen LogP) is 7.31. The topological polar surface area (TPSA) is 46.8 Å². The lowest BCUT2D eigenvalue weighted by atomic mass is 10.1. The average Bonchev–Trinajstić information content (AvgIpc) is 3.39. The van der Waals surface area contributed by atoms with Crippen molar-refractivity contribution in [2.45, 2.75) is 27.4 Å². The normalized spacial score (nSPS) is 14.3. The largest absolute Gasteiger partial charge is 0.489 e. The van der Waals surface area contributed by atoms with Crippen LogP contribution in [0.3, 0.4) is 0 Å². The second kappa shape index (κ2) is 10.6. The Morgan fingerprint density at radius 1 is 0.829 bits per heavy atom. The molecule has 1 amide bonds. The van der Waals surface area contributed by atoms with E-state index in [2.05, 4.69) is 5.10 Å². The Bertz CT molecular complexity index is 1730. The number of hydrogen-bond acceptors (Lipinski definition) is 3. The quantitative estimate of drug-likeness (QED) is 0.106. The molecular formula is C30H21F6N3O2. The van der Waals surface area contributed by atoms with Gasteiger partial charge in [-0.05, 0) is 80.4 Å². The Morgan fingerprint density at radius 3 is 2.10 bits per heavy atom. The maximum Gasteiger partial charge on any atom is 0.280 e. The highest BCUT2D eigenvalue weighted by atomic mass is 19.2. The molecule has 5 rings (SSSR count). The van der Waals surface area contributed by atoms with E-state index in [4.69, 9.17) is 4.74 Å². The summed E-state index contributed by atoms with van der Waals surface area (Å²) in [6.45, 7) is 5.20. The third-order valence-corrected chi connectivity index (χ3v) is 6.62. The van der Waals surface area contributed by atoms with Crippen LogP contribution in [0.15, 0.2) is 65.3 Å². The predicted molar refractivity (Wildman–Crippen MR) is 141 cm³/mol. The van der Waals surface area contributed by atoms with Crippen molar-refractivity contribution in [3.05, 3.63) is 118 Å². The van der Waals surface area contributed by atoms with Crippen molar-refractivity contribution in [3.63, 3.8) is 0 Å². The summed E-state index contributed by atoms with van der Waals surface area (Å²) in [5.41, 5.74) is 2.04. The molecule has 0 spiro atoms. The van der Waals surface area contributed by atoms with E-state index in [1.807, 2.05) is 23.6 Å². The maximum atomic E-state index is 14.4. The van der Waals surface area contributed by atoms with Gasteiger partial charge in [0.25, 0.3) is 5.91 Å². The number of amides is 1. The number of ether oxygens (including phenoxy) is 1. The van der Waals surface area contributed by atoms with Gasteiger partial charge in [-0.25, -0.2) is 26.3 Å². The molecule has 0 bridgehead atoms. The summed E-state index contributed by atoms with van der Waals surface area (Å²) in [6.07, 6.45) is 1.45. The van der Waals surface area contributed by atoms with Gasteiger partial charge in [0.05, 0.1) is 11.3 Å². The molecular weight excluding hydrogens is 548 g/mol. The first kappa shape index (κ1) is 27.8. The minimum Gasteiger partial charge on any atom is -0.489 e. The van der Waals surface area contributed by atoms with Crippen LogP contribution < -0.4 is 9.75 Å². The van der Waals surface area contributed by atoms with Gasteiger partial charge >= 0.3 is 0 Å². The molecule has 0 aliphatic carbocycles. The molecule has 1 aliphatic rings. The Balaban J connectivity index is 1.41. The third kappa shape index (κ3) is 4.99. The van der Waals surface area contributed by atoms with Gasteiger partial charge in [0.1, 0.15) is 23.9 Å². The summed E-state index contributed by atoms with van der Waals surface area (Å²) in [6, 6.07) is 15.0.